The summed E-state index contributed by atoms with van der Waals surface area (Å²) in [4.78, 5) is 2.86. The minimum Gasteiger partial charge on any atom is -0.295 e. The summed E-state index contributed by atoms with van der Waals surface area (Å²) in [7, 11) is -3.12. The van der Waals surface area contributed by atoms with Gasteiger partial charge in [0.15, 0.2) is 9.84 Å². The van der Waals surface area contributed by atoms with Crippen LogP contribution in [0.5, 0.6) is 0 Å². The first kappa shape index (κ1) is 15.9. The molecule has 2 aliphatic rings. The summed E-state index contributed by atoms with van der Waals surface area (Å²) in [5.41, 5.74) is 1.20. The molecular weight excluding hydrogens is 300 g/mol. The summed E-state index contributed by atoms with van der Waals surface area (Å²) in [6.45, 7) is 7.00. The molecule has 2 heterocycles. The predicted octanol–water partition coefficient (Wildman–Crippen LogP) is 0.135. The summed E-state index contributed by atoms with van der Waals surface area (Å²) in [5.74, 6) is 0. The van der Waals surface area contributed by atoms with E-state index in [0.29, 0.717) is 4.90 Å². The highest BCUT2D eigenvalue weighted by molar-refractivity contribution is 7.90. The van der Waals surface area contributed by atoms with Crippen molar-refractivity contribution in [1.82, 2.24) is 15.5 Å². The Labute approximate surface area is 132 Å². The average Bonchev–Trinajstić information content (AvgIpc) is 2.45. The van der Waals surface area contributed by atoms with E-state index in [2.05, 4.69) is 15.5 Å². The Morgan fingerprint density at radius 3 is 2.73 bits per heavy atom. The molecule has 0 radical (unpaired) electrons. The second kappa shape index (κ2) is 6.25. The van der Waals surface area contributed by atoms with Gasteiger partial charge in [0.1, 0.15) is 19.9 Å². The van der Waals surface area contributed by atoms with E-state index in [-0.39, 0.29) is 0 Å². The molecule has 2 aliphatic heterocycles. The predicted molar refractivity (Wildman–Crippen MR) is 85.4 cm³/mol. The van der Waals surface area contributed by atoms with Crippen LogP contribution in [0.15, 0.2) is 29.2 Å². The van der Waals surface area contributed by atoms with Crippen LogP contribution in [0.25, 0.3) is 0 Å². The quantitative estimate of drug-likeness (QED) is 0.774. The van der Waals surface area contributed by atoms with Gasteiger partial charge in [0.2, 0.25) is 0 Å². The van der Waals surface area contributed by atoms with E-state index in [0.717, 1.165) is 50.8 Å². The molecule has 2 unspecified atom stereocenters. The highest BCUT2D eigenvalue weighted by Crippen LogP contribution is 2.21. The molecule has 2 fully saturated rings. The lowest BCUT2D eigenvalue weighted by Gasteiger charge is -2.47. The van der Waals surface area contributed by atoms with Gasteiger partial charge in [-0.1, -0.05) is 12.1 Å². The summed E-state index contributed by atoms with van der Waals surface area (Å²) >= 11 is 0. The van der Waals surface area contributed by atoms with Gasteiger partial charge in [-0.15, -0.1) is 0 Å². The summed E-state index contributed by atoms with van der Waals surface area (Å²) in [6, 6.07) is 7.37. The van der Waals surface area contributed by atoms with Crippen LogP contribution in [0.2, 0.25) is 0 Å². The zero-order valence-corrected chi connectivity index (χ0v) is 13.9. The average molecular weight is 325 g/mol. The molecule has 0 amide bonds. The number of benzene rings is 1. The van der Waals surface area contributed by atoms with Crippen LogP contribution in [0.4, 0.5) is 0 Å². The molecule has 22 heavy (non-hydrogen) atoms. The molecule has 1 aromatic rings. The molecule has 2 bridgehead atoms. The van der Waals surface area contributed by atoms with Gasteiger partial charge in [-0.3, -0.25) is 15.1 Å². The van der Waals surface area contributed by atoms with Crippen LogP contribution < -0.4 is 10.6 Å². The van der Waals surface area contributed by atoms with E-state index in [1.54, 1.807) is 12.1 Å². The first-order valence-corrected chi connectivity index (χ1v) is 9.64. The molecule has 0 saturated carbocycles. The number of fused-ring (bicyclic) bond motifs is 2. The Balaban J connectivity index is 1.77. The molecule has 122 valence electrons. The third-order valence-electron chi connectivity index (χ3n) is 4.51. The number of sulfone groups is 1. The van der Waals surface area contributed by atoms with Gasteiger partial charge in [0, 0.05) is 24.8 Å². The lowest BCUT2D eigenvalue weighted by atomic mass is 10.1. The van der Waals surface area contributed by atoms with Crippen molar-refractivity contribution in [3.05, 3.63) is 29.8 Å². The van der Waals surface area contributed by atoms with Crippen molar-refractivity contribution in [2.24, 2.45) is 0 Å². The second-order valence-electron chi connectivity index (χ2n) is 6.52. The molecule has 6 nitrogen and oxygen atoms in total. The molecule has 0 aromatic heterocycles. The zero-order chi connectivity index (χ0) is 15.6. The number of rotatable bonds is 3. The Morgan fingerprint density at radius 1 is 1.23 bits per heavy atom. The summed E-state index contributed by atoms with van der Waals surface area (Å²) in [5, 5.41) is 6.86. The van der Waals surface area contributed by atoms with Gasteiger partial charge >= 0.3 is 0 Å². The van der Waals surface area contributed by atoms with Crippen molar-refractivity contribution in [2.75, 3.05) is 46.0 Å². The monoisotopic (exact) mass is 325 g/mol. The SMILES string of the molecule is CS(=O)(=O)c1ccc(C[N+]23CCCN(CNCNC2)C3)cc1. The first-order valence-electron chi connectivity index (χ1n) is 7.75. The fourth-order valence-electron chi connectivity index (χ4n) is 3.46. The number of nitrogens with zero attached hydrogens (tertiary/aromatic N) is 2. The van der Waals surface area contributed by atoms with Gasteiger partial charge in [-0.05, 0) is 12.1 Å². The lowest BCUT2D eigenvalue weighted by Crippen LogP contribution is -2.65. The largest absolute Gasteiger partial charge is 0.295 e. The smallest absolute Gasteiger partial charge is 0.175 e. The standard InChI is InChI=1S/C15H25N4O2S/c1-22(20,21)15-5-3-14(4-6-15)9-19-8-2-7-18(13-19)11-16-10-17-12-19/h3-6,16-17H,2,7-13H2,1H3/q+1. The Kier molecular flexibility index (Phi) is 4.52. The minimum absolute atomic E-state index is 0.395. The van der Waals surface area contributed by atoms with Crippen molar-refractivity contribution in [3.8, 4) is 0 Å². The molecule has 7 heteroatoms. The second-order valence-corrected chi connectivity index (χ2v) is 8.54. The third kappa shape index (κ3) is 3.67. The van der Waals surface area contributed by atoms with Crippen molar-refractivity contribution in [3.63, 3.8) is 0 Å². The fourth-order valence-corrected chi connectivity index (χ4v) is 4.09. The van der Waals surface area contributed by atoms with E-state index < -0.39 is 9.84 Å². The van der Waals surface area contributed by atoms with E-state index >= 15 is 0 Å². The molecule has 2 saturated heterocycles. The van der Waals surface area contributed by atoms with Gasteiger partial charge in [-0.25, -0.2) is 13.3 Å². The highest BCUT2D eigenvalue weighted by Gasteiger charge is 2.34. The molecule has 2 atom stereocenters. The highest BCUT2D eigenvalue weighted by atomic mass is 32.2. The molecule has 0 spiro atoms. The number of hydrogen-bond acceptors (Lipinski definition) is 5. The van der Waals surface area contributed by atoms with Crippen LogP contribution in [0.1, 0.15) is 12.0 Å². The molecule has 1 aromatic carbocycles. The Bertz CT molecular complexity index is 617. The third-order valence-corrected chi connectivity index (χ3v) is 5.64. The van der Waals surface area contributed by atoms with Gasteiger partial charge in [0.05, 0.1) is 24.8 Å². The molecule has 3 rings (SSSR count). The van der Waals surface area contributed by atoms with E-state index in [9.17, 15) is 8.42 Å². The molecular formula is C15H25N4O2S+. The van der Waals surface area contributed by atoms with Crippen molar-refractivity contribution in [2.45, 2.75) is 17.9 Å². The lowest BCUT2D eigenvalue weighted by molar-refractivity contribution is -0.958. The molecule has 0 aliphatic carbocycles. The maximum atomic E-state index is 11.6. The zero-order valence-electron chi connectivity index (χ0n) is 13.1. The minimum atomic E-state index is -3.12. The van der Waals surface area contributed by atoms with Gasteiger partial charge in [0.25, 0.3) is 0 Å². The molecule has 2 N–H and O–H groups in total. The maximum Gasteiger partial charge on any atom is 0.175 e. The van der Waals surface area contributed by atoms with Crippen LogP contribution in [-0.4, -0.2) is 63.8 Å². The Hall–Kier alpha value is -0.990. The van der Waals surface area contributed by atoms with Crippen LogP contribution >= 0.6 is 0 Å². The van der Waals surface area contributed by atoms with Gasteiger partial charge in [-0.2, -0.15) is 0 Å². The van der Waals surface area contributed by atoms with E-state index in [1.165, 1.54) is 18.2 Å². The Morgan fingerprint density at radius 2 is 2.00 bits per heavy atom. The van der Waals surface area contributed by atoms with Crippen molar-refractivity contribution >= 4 is 9.84 Å². The number of nitrogens with one attached hydrogen (secondary N) is 2. The van der Waals surface area contributed by atoms with Crippen LogP contribution in [-0.2, 0) is 16.4 Å². The maximum absolute atomic E-state index is 11.6. The first-order chi connectivity index (χ1) is 10.5. The van der Waals surface area contributed by atoms with E-state index in [1.807, 2.05) is 12.1 Å². The van der Waals surface area contributed by atoms with Crippen molar-refractivity contribution < 1.29 is 12.9 Å². The van der Waals surface area contributed by atoms with E-state index in [4.69, 9.17) is 0 Å². The summed E-state index contributed by atoms with van der Waals surface area (Å²) in [6.07, 6.45) is 2.45. The number of quaternary nitrogens is 1. The normalized spacial score (nSPS) is 29.6. The number of hydrogen-bond donors (Lipinski definition) is 2. The van der Waals surface area contributed by atoms with Gasteiger partial charge < -0.3 is 0 Å². The van der Waals surface area contributed by atoms with Crippen molar-refractivity contribution in [1.29, 1.82) is 0 Å². The fraction of sp³-hybridized carbons (Fsp3) is 0.600. The topological polar surface area (TPSA) is 61.4 Å². The van der Waals surface area contributed by atoms with Crippen LogP contribution in [0, 0.1) is 0 Å². The van der Waals surface area contributed by atoms with Crippen LogP contribution in [0.3, 0.4) is 0 Å². The summed E-state index contributed by atoms with van der Waals surface area (Å²) < 4.78 is 24.1.